The summed E-state index contributed by atoms with van der Waals surface area (Å²) in [5.74, 6) is 0.620. The lowest BCUT2D eigenvalue weighted by atomic mass is 10.00. The van der Waals surface area contributed by atoms with Gasteiger partial charge in [-0.05, 0) is 31.2 Å². The number of hydrogen-bond donors (Lipinski definition) is 0. The van der Waals surface area contributed by atoms with E-state index in [1.807, 2.05) is 11.8 Å². The molecule has 4 heterocycles. The Kier molecular flexibility index (Phi) is 5.46. The minimum absolute atomic E-state index is 0.0624. The predicted molar refractivity (Wildman–Crippen MR) is 113 cm³/mol. The Morgan fingerprint density at radius 2 is 1.81 bits per heavy atom. The Labute approximate surface area is 184 Å². The SMILES string of the molecule is CCc1cnc(N2CC[C@@H](N(C(=O)c3cnc(-n4cncn4)nc3)C3CC3)[C@@H](F)C2)nc1. The van der Waals surface area contributed by atoms with Gasteiger partial charge in [0, 0.05) is 37.4 Å². The summed E-state index contributed by atoms with van der Waals surface area (Å²) in [6, 6.07) is -0.427. The van der Waals surface area contributed by atoms with E-state index in [4.69, 9.17) is 0 Å². The molecule has 2 aliphatic rings. The largest absolute Gasteiger partial charge is 0.338 e. The maximum absolute atomic E-state index is 15.4. The number of nitrogens with zero attached hydrogens (tertiary/aromatic N) is 9. The zero-order valence-electron chi connectivity index (χ0n) is 17.7. The van der Waals surface area contributed by atoms with Crippen LogP contribution >= 0.6 is 0 Å². The summed E-state index contributed by atoms with van der Waals surface area (Å²) in [4.78, 5) is 37.9. The molecule has 3 aromatic heterocycles. The average molecular weight is 437 g/mol. The third-order valence-corrected chi connectivity index (χ3v) is 5.93. The zero-order chi connectivity index (χ0) is 22.1. The first-order valence-corrected chi connectivity index (χ1v) is 10.8. The number of aromatic nitrogens is 7. The van der Waals surface area contributed by atoms with Gasteiger partial charge in [0.05, 0.1) is 18.2 Å². The van der Waals surface area contributed by atoms with Crippen LogP contribution in [0.4, 0.5) is 10.3 Å². The summed E-state index contributed by atoms with van der Waals surface area (Å²) in [5.41, 5.74) is 1.39. The molecule has 2 atom stereocenters. The van der Waals surface area contributed by atoms with Crippen molar-refractivity contribution in [2.45, 2.75) is 50.9 Å². The second kappa shape index (κ2) is 8.56. The van der Waals surface area contributed by atoms with Gasteiger partial charge in [0.1, 0.15) is 18.8 Å². The summed E-state index contributed by atoms with van der Waals surface area (Å²) in [5, 5.41) is 3.98. The molecule has 0 radical (unpaired) electrons. The van der Waals surface area contributed by atoms with E-state index in [0.717, 1.165) is 24.8 Å². The maximum Gasteiger partial charge on any atom is 0.257 e. The van der Waals surface area contributed by atoms with E-state index >= 15 is 4.39 Å². The Morgan fingerprint density at radius 3 is 2.41 bits per heavy atom. The average Bonchev–Trinajstić information content (AvgIpc) is 3.51. The van der Waals surface area contributed by atoms with Crippen molar-refractivity contribution in [3.63, 3.8) is 0 Å². The van der Waals surface area contributed by atoms with Gasteiger partial charge in [-0.3, -0.25) is 4.79 Å². The van der Waals surface area contributed by atoms with E-state index in [0.29, 0.717) is 30.4 Å². The minimum Gasteiger partial charge on any atom is -0.338 e. The van der Waals surface area contributed by atoms with Crippen molar-refractivity contribution < 1.29 is 9.18 Å². The van der Waals surface area contributed by atoms with Crippen LogP contribution in [0.25, 0.3) is 5.95 Å². The van der Waals surface area contributed by atoms with Crippen LogP contribution in [0.1, 0.15) is 42.1 Å². The van der Waals surface area contributed by atoms with Crippen molar-refractivity contribution in [2.75, 3.05) is 18.0 Å². The van der Waals surface area contributed by atoms with Gasteiger partial charge in [-0.1, -0.05) is 6.92 Å². The summed E-state index contributed by atoms with van der Waals surface area (Å²) in [7, 11) is 0. The van der Waals surface area contributed by atoms with E-state index in [1.54, 1.807) is 17.3 Å². The number of alkyl halides is 1. The highest BCUT2D eigenvalue weighted by Gasteiger charge is 2.43. The van der Waals surface area contributed by atoms with Crippen molar-refractivity contribution in [1.29, 1.82) is 0 Å². The highest BCUT2D eigenvalue weighted by molar-refractivity contribution is 5.94. The summed E-state index contributed by atoms with van der Waals surface area (Å²) >= 11 is 0. The topological polar surface area (TPSA) is 106 Å². The fraction of sp³-hybridized carbons (Fsp3) is 0.476. The first kappa shape index (κ1) is 20.4. The molecule has 0 bridgehead atoms. The third kappa shape index (κ3) is 4.02. The zero-order valence-corrected chi connectivity index (χ0v) is 17.7. The van der Waals surface area contributed by atoms with Gasteiger partial charge in [-0.2, -0.15) is 9.78 Å². The molecular weight excluding hydrogens is 413 g/mol. The maximum atomic E-state index is 15.4. The van der Waals surface area contributed by atoms with Gasteiger partial charge in [0.2, 0.25) is 5.95 Å². The van der Waals surface area contributed by atoms with Gasteiger partial charge < -0.3 is 9.80 Å². The highest BCUT2D eigenvalue weighted by atomic mass is 19.1. The summed E-state index contributed by atoms with van der Waals surface area (Å²) in [6.07, 6.45) is 11.3. The van der Waals surface area contributed by atoms with Crippen LogP contribution in [0.2, 0.25) is 0 Å². The molecule has 1 aliphatic heterocycles. The van der Waals surface area contributed by atoms with Gasteiger partial charge in [-0.25, -0.2) is 29.3 Å². The van der Waals surface area contributed by atoms with E-state index in [2.05, 4.69) is 30.0 Å². The number of hydrogen-bond acceptors (Lipinski definition) is 8. The van der Waals surface area contributed by atoms with Crippen molar-refractivity contribution in [3.05, 3.63) is 48.6 Å². The lowest BCUT2D eigenvalue weighted by molar-refractivity contribution is 0.0485. The molecule has 2 fully saturated rings. The smallest absolute Gasteiger partial charge is 0.257 e. The molecule has 11 heteroatoms. The third-order valence-electron chi connectivity index (χ3n) is 5.93. The van der Waals surface area contributed by atoms with Crippen LogP contribution in [-0.2, 0) is 6.42 Å². The molecule has 1 aliphatic carbocycles. The van der Waals surface area contributed by atoms with Crippen molar-refractivity contribution in [2.24, 2.45) is 0 Å². The molecule has 5 rings (SSSR count). The number of piperidine rings is 1. The molecule has 10 nitrogen and oxygen atoms in total. The van der Waals surface area contributed by atoms with Crippen molar-refractivity contribution >= 4 is 11.9 Å². The van der Waals surface area contributed by atoms with Crippen molar-refractivity contribution in [1.82, 2.24) is 39.6 Å². The summed E-state index contributed by atoms with van der Waals surface area (Å²) < 4.78 is 16.8. The fourth-order valence-electron chi connectivity index (χ4n) is 4.03. The first-order valence-electron chi connectivity index (χ1n) is 10.8. The molecule has 0 N–H and O–H groups in total. The van der Waals surface area contributed by atoms with Gasteiger partial charge in [-0.15, -0.1) is 0 Å². The van der Waals surface area contributed by atoms with E-state index in [9.17, 15) is 4.79 Å². The number of carbonyl (C=O) groups is 1. The number of anilines is 1. The second-order valence-corrected chi connectivity index (χ2v) is 8.12. The second-order valence-electron chi connectivity index (χ2n) is 8.12. The Hall–Kier alpha value is -3.50. The molecule has 1 saturated carbocycles. The van der Waals surface area contributed by atoms with Crippen LogP contribution in [0.3, 0.4) is 0 Å². The molecule has 1 amide bonds. The number of amides is 1. The quantitative estimate of drug-likeness (QED) is 0.573. The Morgan fingerprint density at radius 1 is 1.09 bits per heavy atom. The van der Waals surface area contributed by atoms with Crippen LogP contribution < -0.4 is 4.90 Å². The number of rotatable bonds is 6. The lowest BCUT2D eigenvalue weighted by Gasteiger charge is -2.41. The molecule has 166 valence electrons. The molecule has 3 aromatic rings. The molecule has 32 heavy (non-hydrogen) atoms. The van der Waals surface area contributed by atoms with Gasteiger partial charge >= 0.3 is 0 Å². The Balaban J connectivity index is 1.30. The minimum atomic E-state index is -1.20. The van der Waals surface area contributed by atoms with Crippen LogP contribution in [0.5, 0.6) is 0 Å². The molecule has 0 aromatic carbocycles. The van der Waals surface area contributed by atoms with E-state index < -0.39 is 12.2 Å². The Bertz CT molecular complexity index is 1050. The first-order chi connectivity index (χ1) is 15.6. The monoisotopic (exact) mass is 437 g/mol. The normalized spacial score (nSPS) is 20.9. The highest BCUT2D eigenvalue weighted by Crippen LogP contribution is 2.34. The van der Waals surface area contributed by atoms with Crippen molar-refractivity contribution in [3.8, 4) is 5.95 Å². The number of halogens is 1. The molecular formula is C21H24FN9O. The van der Waals surface area contributed by atoms with Crippen LogP contribution in [0.15, 0.2) is 37.4 Å². The van der Waals surface area contributed by atoms with Crippen LogP contribution in [-0.4, -0.2) is 76.9 Å². The van der Waals surface area contributed by atoms with Gasteiger partial charge in [0.15, 0.2) is 0 Å². The molecule has 0 unspecified atom stereocenters. The fourth-order valence-corrected chi connectivity index (χ4v) is 4.03. The standard InChI is InChI=1S/C21H24FN9O/c1-2-14-7-24-20(25-8-14)29-6-5-18(17(22)11-29)31(16-3-4-16)19(32)15-9-26-21(27-10-15)30-13-23-12-28-30/h7-10,12-13,16-18H,2-6,11H2,1H3/t17-,18+/m0/s1. The molecule has 1 saturated heterocycles. The lowest BCUT2D eigenvalue weighted by Crippen LogP contribution is -2.55. The molecule has 0 spiro atoms. The van der Waals surface area contributed by atoms with E-state index in [1.165, 1.54) is 29.7 Å². The van der Waals surface area contributed by atoms with E-state index in [-0.39, 0.29) is 18.5 Å². The number of aryl methyl sites for hydroxylation is 1. The predicted octanol–water partition coefficient (Wildman–Crippen LogP) is 1.63. The van der Waals surface area contributed by atoms with Crippen LogP contribution in [0, 0.1) is 0 Å². The number of carbonyl (C=O) groups excluding carboxylic acids is 1. The van der Waals surface area contributed by atoms with Gasteiger partial charge in [0.25, 0.3) is 11.9 Å². The summed E-state index contributed by atoms with van der Waals surface area (Å²) in [6.45, 7) is 2.79.